The molecule has 0 spiro atoms. The molecule has 0 atom stereocenters. The second-order valence-corrected chi connectivity index (χ2v) is 5.86. The normalized spacial score (nSPS) is 10.5. The topological polar surface area (TPSA) is 76.7 Å². The minimum Gasteiger partial charge on any atom is -0.493 e. The van der Waals surface area contributed by atoms with Gasteiger partial charge in [-0.05, 0) is 42.0 Å². The van der Waals surface area contributed by atoms with Crippen molar-refractivity contribution in [3.05, 3.63) is 63.6 Å². The van der Waals surface area contributed by atoms with Crippen LogP contribution in [0, 0.1) is 0 Å². The number of carbonyl (C=O) groups is 2. The van der Waals surface area contributed by atoms with Gasteiger partial charge in [-0.25, -0.2) is 0 Å². The van der Waals surface area contributed by atoms with E-state index in [0.29, 0.717) is 16.5 Å². The summed E-state index contributed by atoms with van der Waals surface area (Å²) in [5.74, 6) is 0.0553. The van der Waals surface area contributed by atoms with E-state index in [1.807, 2.05) is 0 Å². The highest BCUT2D eigenvalue weighted by molar-refractivity contribution is 6.36. The molecule has 2 N–H and O–H groups in total. The zero-order chi connectivity index (χ0) is 19.1. The standard InChI is InChI=1S/C18H16Cl2N2O4/c1-25-15-7-3-11(9-16(15)26-2)4-8-17(23)21-22-18(24)13-6-5-12(19)10-14(13)20/h3-10H,1-2H3,(H,21,23)(H,22,24). The molecule has 0 aliphatic carbocycles. The molecule has 0 saturated heterocycles. The van der Waals surface area contributed by atoms with Gasteiger partial charge in [0.15, 0.2) is 11.5 Å². The summed E-state index contributed by atoms with van der Waals surface area (Å²) in [6, 6.07) is 9.64. The first kappa shape index (κ1) is 19.6. The Morgan fingerprint density at radius 3 is 2.35 bits per heavy atom. The molecule has 0 fully saturated rings. The number of methoxy groups -OCH3 is 2. The summed E-state index contributed by atoms with van der Waals surface area (Å²) in [5, 5.41) is 0.596. The third-order valence-electron chi connectivity index (χ3n) is 3.31. The van der Waals surface area contributed by atoms with Crippen molar-refractivity contribution in [3.63, 3.8) is 0 Å². The predicted molar refractivity (Wildman–Crippen MR) is 101 cm³/mol. The average Bonchev–Trinajstić information content (AvgIpc) is 2.64. The van der Waals surface area contributed by atoms with E-state index < -0.39 is 11.8 Å². The third kappa shape index (κ3) is 5.15. The highest BCUT2D eigenvalue weighted by Gasteiger charge is 2.11. The molecule has 2 aromatic rings. The number of ether oxygens (including phenoxy) is 2. The Bertz CT molecular complexity index is 853. The lowest BCUT2D eigenvalue weighted by atomic mass is 10.2. The van der Waals surface area contributed by atoms with Gasteiger partial charge in [0.05, 0.1) is 24.8 Å². The van der Waals surface area contributed by atoms with Gasteiger partial charge in [-0.1, -0.05) is 29.3 Å². The number of nitrogens with one attached hydrogen (secondary N) is 2. The Morgan fingerprint density at radius 1 is 0.962 bits per heavy atom. The molecular weight excluding hydrogens is 379 g/mol. The second-order valence-electron chi connectivity index (χ2n) is 5.02. The summed E-state index contributed by atoms with van der Waals surface area (Å²) in [7, 11) is 3.06. The van der Waals surface area contributed by atoms with Crippen LogP contribution in [0.3, 0.4) is 0 Å². The van der Waals surface area contributed by atoms with E-state index in [1.54, 1.807) is 24.3 Å². The summed E-state index contributed by atoms with van der Waals surface area (Å²) < 4.78 is 10.3. The van der Waals surface area contributed by atoms with Crippen LogP contribution in [0.1, 0.15) is 15.9 Å². The molecule has 0 heterocycles. The molecule has 2 aromatic carbocycles. The first-order valence-electron chi connectivity index (χ1n) is 7.40. The van der Waals surface area contributed by atoms with Crippen molar-refractivity contribution in [1.29, 1.82) is 0 Å². The number of hydrazine groups is 1. The Morgan fingerprint density at radius 2 is 1.69 bits per heavy atom. The molecular formula is C18H16Cl2N2O4. The largest absolute Gasteiger partial charge is 0.493 e. The van der Waals surface area contributed by atoms with E-state index in [2.05, 4.69) is 10.9 Å². The van der Waals surface area contributed by atoms with Gasteiger partial charge in [0.2, 0.25) is 0 Å². The maximum absolute atomic E-state index is 12.0. The maximum atomic E-state index is 12.0. The van der Waals surface area contributed by atoms with Gasteiger partial charge >= 0.3 is 0 Å². The molecule has 0 unspecified atom stereocenters. The number of benzene rings is 2. The van der Waals surface area contributed by atoms with Crippen LogP contribution in [0.25, 0.3) is 6.08 Å². The van der Waals surface area contributed by atoms with Crippen molar-refractivity contribution in [2.24, 2.45) is 0 Å². The highest BCUT2D eigenvalue weighted by Crippen LogP contribution is 2.27. The van der Waals surface area contributed by atoms with Crippen LogP contribution in [0.2, 0.25) is 10.0 Å². The van der Waals surface area contributed by atoms with Gasteiger partial charge in [0.1, 0.15) is 0 Å². The fourth-order valence-electron chi connectivity index (χ4n) is 2.03. The van der Waals surface area contributed by atoms with Crippen molar-refractivity contribution in [2.45, 2.75) is 0 Å². The van der Waals surface area contributed by atoms with Gasteiger partial charge in [-0.3, -0.25) is 20.4 Å². The molecule has 6 nitrogen and oxygen atoms in total. The zero-order valence-electron chi connectivity index (χ0n) is 14.0. The molecule has 0 aliphatic heterocycles. The van der Waals surface area contributed by atoms with E-state index in [1.165, 1.54) is 38.5 Å². The van der Waals surface area contributed by atoms with E-state index in [0.717, 1.165) is 5.56 Å². The number of hydrogen-bond donors (Lipinski definition) is 2. The second kappa shape index (κ2) is 9.12. The zero-order valence-corrected chi connectivity index (χ0v) is 15.5. The maximum Gasteiger partial charge on any atom is 0.271 e. The SMILES string of the molecule is COc1ccc(C=CC(=O)NNC(=O)c2ccc(Cl)cc2Cl)cc1OC. The van der Waals surface area contributed by atoms with Crippen LogP contribution in [0.15, 0.2) is 42.5 Å². The summed E-state index contributed by atoms with van der Waals surface area (Å²) in [6.07, 6.45) is 2.84. The Balaban J connectivity index is 1.96. The monoisotopic (exact) mass is 394 g/mol. The summed E-state index contributed by atoms with van der Waals surface area (Å²) in [4.78, 5) is 23.8. The third-order valence-corrected chi connectivity index (χ3v) is 3.86. The van der Waals surface area contributed by atoms with Crippen LogP contribution < -0.4 is 20.3 Å². The fraction of sp³-hybridized carbons (Fsp3) is 0.111. The van der Waals surface area contributed by atoms with Crippen LogP contribution in [0.4, 0.5) is 0 Å². The molecule has 2 rings (SSSR count). The number of carbonyl (C=O) groups excluding carboxylic acids is 2. The first-order chi connectivity index (χ1) is 12.4. The van der Waals surface area contributed by atoms with Crippen LogP contribution in [0.5, 0.6) is 11.5 Å². The Hall–Kier alpha value is -2.70. The average molecular weight is 395 g/mol. The number of rotatable bonds is 5. The van der Waals surface area contributed by atoms with Gasteiger partial charge in [0, 0.05) is 11.1 Å². The lowest BCUT2D eigenvalue weighted by molar-refractivity contribution is -0.117. The van der Waals surface area contributed by atoms with E-state index in [4.69, 9.17) is 32.7 Å². The van der Waals surface area contributed by atoms with Gasteiger partial charge in [-0.2, -0.15) is 0 Å². The number of hydrogen-bond acceptors (Lipinski definition) is 4. The summed E-state index contributed by atoms with van der Waals surface area (Å²) in [6.45, 7) is 0. The molecule has 0 radical (unpaired) electrons. The van der Waals surface area contributed by atoms with Crippen LogP contribution in [-0.2, 0) is 4.79 Å². The summed E-state index contributed by atoms with van der Waals surface area (Å²) >= 11 is 11.7. The van der Waals surface area contributed by atoms with Gasteiger partial charge in [-0.15, -0.1) is 0 Å². The molecule has 8 heteroatoms. The number of halogens is 2. The fourth-order valence-corrected chi connectivity index (χ4v) is 2.52. The molecule has 0 bridgehead atoms. The van der Waals surface area contributed by atoms with Gasteiger partial charge in [0.25, 0.3) is 11.8 Å². The quantitative estimate of drug-likeness (QED) is 0.600. The van der Waals surface area contributed by atoms with Crippen LogP contribution >= 0.6 is 23.2 Å². The van der Waals surface area contributed by atoms with E-state index in [-0.39, 0.29) is 10.6 Å². The minimum atomic E-state index is -0.556. The van der Waals surface area contributed by atoms with Crippen molar-refractivity contribution >= 4 is 41.1 Å². The minimum absolute atomic E-state index is 0.185. The summed E-state index contributed by atoms with van der Waals surface area (Å²) in [5.41, 5.74) is 5.47. The molecule has 26 heavy (non-hydrogen) atoms. The molecule has 2 amide bonds. The molecule has 0 aliphatic rings. The smallest absolute Gasteiger partial charge is 0.271 e. The Kier molecular flexibility index (Phi) is 6.89. The van der Waals surface area contributed by atoms with Crippen molar-refractivity contribution in [1.82, 2.24) is 10.9 Å². The van der Waals surface area contributed by atoms with Crippen LogP contribution in [-0.4, -0.2) is 26.0 Å². The lowest BCUT2D eigenvalue weighted by Gasteiger charge is -2.08. The van der Waals surface area contributed by atoms with E-state index in [9.17, 15) is 9.59 Å². The highest BCUT2D eigenvalue weighted by atomic mass is 35.5. The Labute approximate surface area is 160 Å². The predicted octanol–water partition coefficient (Wildman–Crippen LogP) is 3.49. The van der Waals surface area contributed by atoms with Crippen molar-refractivity contribution in [2.75, 3.05) is 14.2 Å². The molecule has 0 aromatic heterocycles. The van der Waals surface area contributed by atoms with Gasteiger partial charge < -0.3 is 9.47 Å². The van der Waals surface area contributed by atoms with Crippen molar-refractivity contribution in [3.8, 4) is 11.5 Å². The lowest BCUT2D eigenvalue weighted by Crippen LogP contribution is -2.40. The molecule has 136 valence electrons. The molecule has 0 saturated carbocycles. The van der Waals surface area contributed by atoms with E-state index >= 15 is 0 Å². The number of amides is 2. The first-order valence-corrected chi connectivity index (χ1v) is 8.15. The van der Waals surface area contributed by atoms with Crippen molar-refractivity contribution < 1.29 is 19.1 Å².